The highest BCUT2D eigenvalue weighted by Crippen LogP contribution is 2.26. The number of rotatable bonds is 8. The summed E-state index contributed by atoms with van der Waals surface area (Å²) in [5, 5.41) is 2.34. The van der Waals surface area contributed by atoms with Crippen LogP contribution in [0.25, 0.3) is 16.8 Å². The molecule has 160 valence electrons. The van der Waals surface area contributed by atoms with E-state index in [-0.39, 0.29) is 5.97 Å². The van der Waals surface area contributed by atoms with Crippen molar-refractivity contribution in [3.05, 3.63) is 83.4 Å². The summed E-state index contributed by atoms with van der Waals surface area (Å²) >= 11 is 0. The molecule has 3 aromatic rings. The maximum absolute atomic E-state index is 11.7. The van der Waals surface area contributed by atoms with Gasteiger partial charge in [0.25, 0.3) is 0 Å². The predicted octanol–water partition coefficient (Wildman–Crippen LogP) is 5.57. The molecule has 0 radical (unpaired) electrons. The molecule has 0 unspecified atom stereocenters. The highest BCUT2D eigenvalue weighted by Gasteiger charge is 2.14. The summed E-state index contributed by atoms with van der Waals surface area (Å²) in [6, 6.07) is 22.1. The van der Waals surface area contributed by atoms with E-state index in [1.165, 1.54) is 30.9 Å². The Bertz CT molecular complexity index is 1040. The van der Waals surface area contributed by atoms with Gasteiger partial charge >= 0.3 is 5.97 Å². The van der Waals surface area contributed by atoms with E-state index < -0.39 is 0 Å². The van der Waals surface area contributed by atoms with E-state index in [1.54, 1.807) is 0 Å². The largest absolute Gasteiger partial charge is 0.493 e. The standard InChI is InChI=1S/C27H29NO3/c1-30-27(29)24-13-11-21(12-14-24)19-22(20-28-16-4-5-17-28)15-18-31-26-10-6-8-23-7-2-3-9-25(23)26/h2-3,6-14,19H,4-5,15-18,20H2,1H3. The highest BCUT2D eigenvalue weighted by atomic mass is 16.5. The fourth-order valence-electron chi connectivity index (χ4n) is 4.11. The molecule has 0 atom stereocenters. The fraction of sp³-hybridized carbons (Fsp3) is 0.296. The van der Waals surface area contributed by atoms with Crippen LogP contribution in [0.4, 0.5) is 0 Å². The molecule has 4 rings (SSSR count). The molecule has 1 aliphatic rings. The summed E-state index contributed by atoms with van der Waals surface area (Å²) in [7, 11) is 1.40. The number of likely N-dealkylation sites (tertiary alicyclic amines) is 1. The summed E-state index contributed by atoms with van der Waals surface area (Å²) in [5.41, 5.74) is 3.00. The number of ether oxygens (including phenoxy) is 2. The van der Waals surface area contributed by atoms with Crippen molar-refractivity contribution in [2.24, 2.45) is 0 Å². The fourth-order valence-corrected chi connectivity index (χ4v) is 4.11. The maximum atomic E-state index is 11.7. The van der Waals surface area contributed by atoms with Gasteiger partial charge in [-0.3, -0.25) is 4.90 Å². The minimum absolute atomic E-state index is 0.309. The minimum Gasteiger partial charge on any atom is -0.493 e. The molecule has 0 bridgehead atoms. The second-order valence-corrected chi connectivity index (χ2v) is 7.98. The third-order valence-electron chi connectivity index (χ3n) is 5.76. The van der Waals surface area contributed by atoms with Crippen LogP contribution in [0, 0.1) is 0 Å². The third-order valence-corrected chi connectivity index (χ3v) is 5.76. The van der Waals surface area contributed by atoms with Crippen molar-refractivity contribution in [2.75, 3.05) is 33.4 Å². The average molecular weight is 416 g/mol. The number of hydrogen-bond acceptors (Lipinski definition) is 4. The molecule has 0 spiro atoms. The van der Waals surface area contributed by atoms with Crippen LogP contribution in [0.3, 0.4) is 0 Å². The van der Waals surface area contributed by atoms with Crippen molar-refractivity contribution < 1.29 is 14.3 Å². The second kappa shape index (κ2) is 10.3. The van der Waals surface area contributed by atoms with Crippen LogP contribution in [0.2, 0.25) is 0 Å². The van der Waals surface area contributed by atoms with Crippen LogP contribution in [-0.2, 0) is 4.74 Å². The number of nitrogens with zero attached hydrogens (tertiary/aromatic N) is 1. The molecule has 0 aliphatic carbocycles. The van der Waals surface area contributed by atoms with Crippen LogP contribution in [0.15, 0.2) is 72.3 Å². The van der Waals surface area contributed by atoms with E-state index >= 15 is 0 Å². The maximum Gasteiger partial charge on any atom is 0.337 e. The van der Waals surface area contributed by atoms with Gasteiger partial charge in [-0.15, -0.1) is 0 Å². The number of benzene rings is 3. The van der Waals surface area contributed by atoms with Gasteiger partial charge in [-0.05, 0) is 55.1 Å². The van der Waals surface area contributed by atoms with Gasteiger partial charge in [-0.2, -0.15) is 0 Å². The molecule has 1 aliphatic heterocycles. The normalized spacial score (nSPS) is 14.7. The second-order valence-electron chi connectivity index (χ2n) is 7.98. The van der Waals surface area contributed by atoms with Crippen molar-refractivity contribution >= 4 is 22.8 Å². The number of carbonyl (C=O) groups excluding carboxylic acids is 1. The van der Waals surface area contributed by atoms with Crippen LogP contribution in [0.1, 0.15) is 35.2 Å². The lowest BCUT2D eigenvalue weighted by Gasteiger charge is -2.18. The van der Waals surface area contributed by atoms with Gasteiger partial charge in [0.05, 0.1) is 19.3 Å². The Morgan fingerprint density at radius 2 is 1.71 bits per heavy atom. The van der Waals surface area contributed by atoms with Gasteiger partial charge in [0.2, 0.25) is 0 Å². The Balaban J connectivity index is 1.46. The Morgan fingerprint density at radius 3 is 2.48 bits per heavy atom. The molecular weight excluding hydrogens is 386 g/mol. The quantitative estimate of drug-likeness (QED) is 0.451. The molecule has 1 fully saturated rings. The summed E-state index contributed by atoms with van der Waals surface area (Å²) in [6.07, 6.45) is 5.63. The SMILES string of the molecule is COC(=O)c1ccc(C=C(CCOc2cccc3ccccc23)CN2CCCC2)cc1. The van der Waals surface area contributed by atoms with E-state index in [9.17, 15) is 4.79 Å². The Hall–Kier alpha value is -3.11. The van der Waals surface area contributed by atoms with Crippen molar-refractivity contribution in [1.29, 1.82) is 0 Å². The van der Waals surface area contributed by atoms with Crippen molar-refractivity contribution in [3.8, 4) is 5.75 Å². The molecule has 4 heteroatoms. The lowest BCUT2D eigenvalue weighted by Crippen LogP contribution is -2.22. The average Bonchev–Trinajstić information content (AvgIpc) is 3.32. The van der Waals surface area contributed by atoms with E-state index in [1.807, 2.05) is 42.5 Å². The van der Waals surface area contributed by atoms with Gasteiger partial charge in [0.1, 0.15) is 5.75 Å². The number of methoxy groups -OCH3 is 1. The zero-order valence-electron chi connectivity index (χ0n) is 18.0. The van der Waals surface area contributed by atoms with Gasteiger partial charge < -0.3 is 9.47 Å². The first kappa shape index (κ1) is 21.1. The number of hydrogen-bond donors (Lipinski definition) is 0. The first-order chi connectivity index (χ1) is 15.2. The zero-order chi connectivity index (χ0) is 21.5. The monoisotopic (exact) mass is 415 g/mol. The van der Waals surface area contributed by atoms with Crippen LogP contribution in [-0.4, -0.2) is 44.2 Å². The molecule has 0 N–H and O–H groups in total. The van der Waals surface area contributed by atoms with Gasteiger partial charge in [-0.1, -0.05) is 60.2 Å². The summed E-state index contributed by atoms with van der Waals surface area (Å²) in [5.74, 6) is 0.623. The Morgan fingerprint density at radius 1 is 0.968 bits per heavy atom. The van der Waals surface area contributed by atoms with E-state index in [2.05, 4.69) is 35.2 Å². The van der Waals surface area contributed by atoms with Crippen LogP contribution in [0.5, 0.6) is 5.75 Å². The molecule has 0 amide bonds. The van der Waals surface area contributed by atoms with Gasteiger partial charge in [0.15, 0.2) is 0 Å². The third kappa shape index (κ3) is 5.53. The van der Waals surface area contributed by atoms with Crippen molar-refractivity contribution in [2.45, 2.75) is 19.3 Å². The van der Waals surface area contributed by atoms with Gasteiger partial charge in [-0.25, -0.2) is 4.79 Å². The lowest BCUT2D eigenvalue weighted by atomic mass is 10.1. The Labute approximate surface area is 184 Å². The summed E-state index contributed by atoms with van der Waals surface area (Å²) in [4.78, 5) is 14.2. The molecule has 31 heavy (non-hydrogen) atoms. The van der Waals surface area contributed by atoms with E-state index in [0.717, 1.165) is 42.8 Å². The van der Waals surface area contributed by atoms with Crippen LogP contribution >= 0.6 is 0 Å². The van der Waals surface area contributed by atoms with Gasteiger partial charge in [0, 0.05) is 18.4 Å². The van der Waals surface area contributed by atoms with Crippen molar-refractivity contribution in [1.82, 2.24) is 4.90 Å². The molecule has 0 aromatic heterocycles. The zero-order valence-corrected chi connectivity index (χ0v) is 18.0. The summed E-state index contributed by atoms with van der Waals surface area (Å²) < 4.78 is 11.0. The molecular formula is C27H29NO3. The molecule has 1 heterocycles. The Kier molecular flexibility index (Phi) is 7.00. The number of esters is 1. The first-order valence-corrected chi connectivity index (χ1v) is 10.9. The minimum atomic E-state index is -0.309. The van der Waals surface area contributed by atoms with Crippen LogP contribution < -0.4 is 4.74 Å². The van der Waals surface area contributed by atoms with E-state index in [0.29, 0.717) is 12.2 Å². The molecule has 3 aromatic carbocycles. The topological polar surface area (TPSA) is 38.8 Å². The molecule has 1 saturated heterocycles. The van der Waals surface area contributed by atoms with E-state index in [4.69, 9.17) is 9.47 Å². The molecule has 0 saturated carbocycles. The first-order valence-electron chi connectivity index (χ1n) is 10.9. The van der Waals surface area contributed by atoms with Crippen molar-refractivity contribution in [3.63, 3.8) is 0 Å². The number of fused-ring (bicyclic) bond motifs is 1. The highest BCUT2D eigenvalue weighted by molar-refractivity contribution is 5.89. The predicted molar refractivity (Wildman–Crippen MR) is 125 cm³/mol. The summed E-state index contributed by atoms with van der Waals surface area (Å²) in [6.45, 7) is 3.90. The lowest BCUT2D eigenvalue weighted by molar-refractivity contribution is 0.0600. The molecule has 4 nitrogen and oxygen atoms in total. The smallest absolute Gasteiger partial charge is 0.337 e. The number of carbonyl (C=O) groups is 1.